The molecular formula is C27H26F3N3O4. The van der Waals surface area contributed by atoms with Crippen LogP contribution in [0.3, 0.4) is 0 Å². The third-order valence-corrected chi connectivity index (χ3v) is 4.98. The molecule has 37 heavy (non-hydrogen) atoms. The number of hydrogen-bond acceptors (Lipinski definition) is 5. The second-order valence-corrected chi connectivity index (χ2v) is 8.01. The highest BCUT2D eigenvalue weighted by molar-refractivity contribution is 6.03. The fraction of sp³-hybridized carbons (Fsp3) is 0.222. The number of hydrogen-bond donors (Lipinski definition) is 2. The molecule has 0 heterocycles. The summed E-state index contributed by atoms with van der Waals surface area (Å²) in [5.41, 5.74) is 4.03. The highest BCUT2D eigenvalue weighted by Gasteiger charge is 2.30. The van der Waals surface area contributed by atoms with Gasteiger partial charge in [0.15, 0.2) is 11.5 Å². The summed E-state index contributed by atoms with van der Waals surface area (Å²) in [6, 6.07) is 17.3. The molecule has 0 unspecified atom stereocenters. The minimum atomic E-state index is -4.54. The number of carbonyl (C=O) groups is 2. The van der Waals surface area contributed by atoms with Crippen LogP contribution in [0, 0.1) is 6.92 Å². The number of halogens is 3. The second kappa shape index (κ2) is 12.6. The van der Waals surface area contributed by atoms with Crippen LogP contribution in [-0.2, 0) is 22.4 Å². The molecule has 0 aromatic heterocycles. The molecule has 3 aromatic carbocycles. The number of nitrogens with one attached hydrogen (secondary N) is 2. The number of nitrogens with zero attached hydrogens (tertiary/aromatic N) is 1. The molecule has 0 saturated carbocycles. The molecule has 0 atom stereocenters. The number of alkyl halides is 3. The Morgan fingerprint density at radius 2 is 1.70 bits per heavy atom. The average Bonchev–Trinajstić information content (AvgIpc) is 2.84. The van der Waals surface area contributed by atoms with Crippen LogP contribution in [0.15, 0.2) is 71.8 Å². The summed E-state index contributed by atoms with van der Waals surface area (Å²) in [7, 11) is 0. The van der Waals surface area contributed by atoms with Crippen LogP contribution >= 0.6 is 0 Å². The number of hydrazone groups is 1. The normalized spacial score (nSPS) is 11.3. The van der Waals surface area contributed by atoms with E-state index in [0.717, 1.165) is 29.3 Å². The van der Waals surface area contributed by atoms with E-state index >= 15 is 0 Å². The molecule has 3 aromatic rings. The molecule has 0 aliphatic heterocycles. The lowest BCUT2D eigenvalue weighted by Crippen LogP contribution is -2.24. The topological polar surface area (TPSA) is 89.0 Å². The number of carbonyl (C=O) groups excluding carboxylic acids is 2. The number of benzene rings is 3. The van der Waals surface area contributed by atoms with E-state index in [2.05, 4.69) is 15.8 Å². The van der Waals surface area contributed by atoms with Gasteiger partial charge in [-0.05, 0) is 61.4 Å². The van der Waals surface area contributed by atoms with Crippen molar-refractivity contribution in [3.63, 3.8) is 0 Å². The van der Waals surface area contributed by atoms with Crippen LogP contribution in [-0.4, -0.2) is 24.6 Å². The van der Waals surface area contributed by atoms with Gasteiger partial charge in [0.25, 0.3) is 0 Å². The molecule has 10 heteroatoms. The molecule has 3 rings (SSSR count). The Kier molecular flexibility index (Phi) is 9.26. The van der Waals surface area contributed by atoms with Gasteiger partial charge in [-0.25, -0.2) is 5.43 Å². The third-order valence-electron chi connectivity index (χ3n) is 4.98. The van der Waals surface area contributed by atoms with E-state index < -0.39 is 30.0 Å². The Hall–Kier alpha value is -4.34. The number of ether oxygens (including phenoxy) is 2. The van der Waals surface area contributed by atoms with Gasteiger partial charge in [0.1, 0.15) is 13.0 Å². The van der Waals surface area contributed by atoms with Crippen molar-refractivity contribution in [3.8, 4) is 11.5 Å². The lowest BCUT2D eigenvalue weighted by atomic mass is 10.2. The predicted octanol–water partition coefficient (Wildman–Crippen LogP) is 5.47. The molecule has 0 aliphatic carbocycles. The number of rotatable bonds is 10. The summed E-state index contributed by atoms with van der Waals surface area (Å²) in [5, 5.41) is 6.10. The summed E-state index contributed by atoms with van der Waals surface area (Å²) in [5.74, 6) is -0.454. The third kappa shape index (κ3) is 8.68. The first kappa shape index (κ1) is 27.3. The SMILES string of the molecule is CCOc1cc(C=NNC(=O)CC(=O)Nc2cccc(C(F)(F)F)c2)ccc1OCc1ccc(C)cc1. The van der Waals surface area contributed by atoms with Crippen molar-refractivity contribution >= 4 is 23.7 Å². The molecule has 2 N–H and O–H groups in total. The molecule has 0 aliphatic rings. The van der Waals surface area contributed by atoms with Gasteiger partial charge in [-0.3, -0.25) is 9.59 Å². The zero-order valence-corrected chi connectivity index (χ0v) is 20.3. The van der Waals surface area contributed by atoms with Crippen LogP contribution < -0.4 is 20.2 Å². The zero-order chi connectivity index (χ0) is 26.8. The summed E-state index contributed by atoms with van der Waals surface area (Å²) in [4.78, 5) is 24.0. The van der Waals surface area contributed by atoms with E-state index in [1.807, 2.05) is 38.1 Å². The van der Waals surface area contributed by atoms with Crippen molar-refractivity contribution in [1.82, 2.24) is 5.43 Å². The van der Waals surface area contributed by atoms with Crippen LogP contribution in [0.2, 0.25) is 0 Å². The average molecular weight is 514 g/mol. The smallest absolute Gasteiger partial charge is 0.416 e. The van der Waals surface area contributed by atoms with Crippen LogP contribution in [0.5, 0.6) is 11.5 Å². The highest BCUT2D eigenvalue weighted by Crippen LogP contribution is 2.31. The molecule has 0 saturated heterocycles. The standard InChI is InChI=1S/C27H26F3N3O4/c1-3-36-24-13-20(11-12-23(24)37-17-19-9-7-18(2)8-10-19)16-31-33-26(35)15-25(34)32-22-6-4-5-21(14-22)27(28,29)30/h4-14,16H,3,15,17H2,1-2H3,(H,32,34)(H,33,35). The summed E-state index contributed by atoms with van der Waals surface area (Å²) < 4.78 is 49.9. The highest BCUT2D eigenvalue weighted by atomic mass is 19.4. The van der Waals surface area contributed by atoms with E-state index in [1.165, 1.54) is 12.3 Å². The van der Waals surface area contributed by atoms with Crippen LogP contribution in [0.25, 0.3) is 0 Å². The van der Waals surface area contributed by atoms with Gasteiger partial charge in [-0.2, -0.15) is 18.3 Å². The Morgan fingerprint density at radius 3 is 2.41 bits per heavy atom. The summed E-state index contributed by atoms with van der Waals surface area (Å²) in [6.07, 6.45) is -3.79. The van der Waals surface area contributed by atoms with Gasteiger partial charge in [0.2, 0.25) is 11.8 Å². The van der Waals surface area contributed by atoms with E-state index in [4.69, 9.17) is 9.47 Å². The summed E-state index contributed by atoms with van der Waals surface area (Å²) in [6.45, 7) is 4.64. The fourth-order valence-electron chi connectivity index (χ4n) is 3.18. The van der Waals surface area contributed by atoms with E-state index in [1.54, 1.807) is 18.2 Å². The molecule has 2 amide bonds. The summed E-state index contributed by atoms with van der Waals surface area (Å²) >= 11 is 0. The zero-order valence-electron chi connectivity index (χ0n) is 20.3. The molecule has 0 spiro atoms. The lowest BCUT2D eigenvalue weighted by molar-refractivity contribution is -0.137. The molecule has 7 nitrogen and oxygen atoms in total. The molecule has 0 fully saturated rings. The number of anilines is 1. The second-order valence-electron chi connectivity index (χ2n) is 8.01. The van der Waals surface area contributed by atoms with Crippen molar-refractivity contribution in [2.24, 2.45) is 5.10 Å². The number of amides is 2. The molecule has 0 radical (unpaired) electrons. The maximum atomic E-state index is 12.8. The Balaban J connectivity index is 1.54. The van der Waals surface area contributed by atoms with Gasteiger partial charge >= 0.3 is 6.18 Å². The minimum absolute atomic E-state index is 0.0655. The fourth-order valence-corrected chi connectivity index (χ4v) is 3.18. The lowest BCUT2D eigenvalue weighted by Gasteiger charge is -2.13. The number of aryl methyl sites for hydroxylation is 1. The molecule has 0 bridgehead atoms. The minimum Gasteiger partial charge on any atom is -0.490 e. The Bertz CT molecular complexity index is 1260. The molecular weight excluding hydrogens is 487 g/mol. The van der Waals surface area contributed by atoms with E-state index in [9.17, 15) is 22.8 Å². The maximum absolute atomic E-state index is 12.8. The van der Waals surface area contributed by atoms with Crippen molar-refractivity contribution < 1.29 is 32.2 Å². The van der Waals surface area contributed by atoms with Crippen molar-refractivity contribution in [2.75, 3.05) is 11.9 Å². The van der Waals surface area contributed by atoms with Gasteiger partial charge in [0.05, 0.1) is 18.4 Å². The Morgan fingerprint density at radius 1 is 0.946 bits per heavy atom. The quantitative estimate of drug-likeness (QED) is 0.214. The monoisotopic (exact) mass is 513 g/mol. The van der Waals surface area contributed by atoms with Crippen molar-refractivity contribution in [2.45, 2.75) is 33.1 Å². The van der Waals surface area contributed by atoms with Gasteiger partial charge in [-0.15, -0.1) is 0 Å². The van der Waals surface area contributed by atoms with Crippen LogP contribution in [0.1, 0.15) is 35.6 Å². The van der Waals surface area contributed by atoms with Gasteiger partial charge in [0, 0.05) is 5.69 Å². The Labute approximate surface area is 212 Å². The van der Waals surface area contributed by atoms with Crippen molar-refractivity contribution in [1.29, 1.82) is 0 Å². The van der Waals surface area contributed by atoms with E-state index in [0.29, 0.717) is 30.3 Å². The molecule has 194 valence electrons. The van der Waals surface area contributed by atoms with Gasteiger partial charge < -0.3 is 14.8 Å². The first-order valence-electron chi connectivity index (χ1n) is 11.4. The largest absolute Gasteiger partial charge is 0.490 e. The maximum Gasteiger partial charge on any atom is 0.416 e. The first-order valence-corrected chi connectivity index (χ1v) is 11.4. The van der Waals surface area contributed by atoms with Gasteiger partial charge in [-0.1, -0.05) is 35.9 Å². The first-order chi connectivity index (χ1) is 17.6. The van der Waals surface area contributed by atoms with E-state index in [-0.39, 0.29) is 5.69 Å². The van der Waals surface area contributed by atoms with Crippen molar-refractivity contribution in [3.05, 3.63) is 89.0 Å². The van der Waals surface area contributed by atoms with Crippen LogP contribution in [0.4, 0.5) is 18.9 Å². The predicted molar refractivity (Wildman–Crippen MR) is 134 cm³/mol.